The van der Waals surface area contributed by atoms with E-state index >= 15 is 0 Å². The zero-order valence-corrected chi connectivity index (χ0v) is 15.9. The summed E-state index contributed by atoms with van der Waals surface area (Å²) in [4.78, 5) is 13.3. The Morgan fingerprint density at radius 1 is 0.962 bits per heavy atom. The van der Waals surface area contributed by atoms with E-state index in [0.717, 1.165) is 11.1 Å². The molecule has 3 rings (SSSR count). The molecular formula is C23H28NO2+. The van der Waals surface area contributed by atoms with Crippen molar-refractivity contribution in [3.8, 4) is 0 Å². The summed E-state index contributed by atoms with van der Waals surface area (Å²) in [5.41, 5.74) is 4.39. The number of amides is 1. The second kappa shape index (κ2) is 7.98. The van der Waals surface area contributed by atoms with E-state index in [2.05, 4.69) is 51.2 Å². The van der Waals surface area contributed by atoms with Crippen molar-refractivity contribution in [2.75, 3.05) is 26.3 Å². The van der Waals surface area contributed by atoms with Crippen LogP contribution in [0.25, 0.3) is 5.57 Å². The van der Waals surface area contributed by atoms with Gasteiger partial charge in [-0.1, -0.05) is 56.3 Å². The van der Waals surface area contributed by atoms with E-state index in [1.54, 1.807) is 0 Å². The molecule has 3 heteroatoms. The van der Waals surface area contributed by atoms with Gasteiger partial charge in [-0.15, -0.1) is 0 Å². The molecule has 3 nitrogen and oxygen atoms in total. The molecule has 1 saturated heterocycles. The van der Waals surface area contributed by atoms with Crippen LogP contribution < -0.4 is 0 Å². The number of quaternary nitrogens is 1. The topological polar surface area (TPSA) is 26.3 Å². The minimum atomic E-state index is 0.145. The lowest BCUT2D eigenvalue weighted by molar-refractivity contribution is -0.806. The lowest BCUT2D eigenvalue weighted by atomic mass is 9.99. The molecule has 0 bridgehead atoms. The van der Waals surface area contributed by atoms with Crippen LogP contribution >= 0.6 is 0 Å². The molecule has 1 heterocycles. The zero-order chi connectivity index (χ0) is 18.6. The fourth-order valence-electron chi connectivity index (χ4n) is 3.47. The van der Waals surface area contributed by atoms with E-state index in [0.29, 0.717) is 36.7 Å². The van der Waals surface area contributed by atoms with Crippen LogP contribution in [-0.4, -0.2) is 36.7 Å². The molecule has 26 heavy (non-hydrogen) atoms. The number of nitrogens with zero attached hydrogens (tertiary/aromatic N) is 1. The first kappa shape index (κ1) is 18.6. The Morgan fingerprint density at radius 3 is 2.15 bits per heavy atom. The van der Waals surface area contributed by atoms with Crippen LogP contribution in [0, 0.1) is 0 Å². The van der Waals surface area contributed by atoms with Crippen molar-refractivity contribution < 1.29 is 14.0 Å². The fourth-order valence-corrected chi connectivity index (χ4v) is 3.47. The van der Waals surface area contributed by atoms with Crippen LogP contribution in [0.5, 0.6) is 0 Å². The highest BCUT2D eigenvalue weighted by Gasteiger charge is 2.38. The summed E-state index contributed by atoms with van der Waals surface area (Å²) < 4.78 is 5.86. The van der Waals surface area contributed by atoms with E-state index in [4.69, 9.17) is 4.74 Å². The molecule has 136 valence electrons. The average Bonchev–Trinajstić information content (AvgIpc) is 2.68. The lowest BCUT2D eigenvalue weighted by Gasteiger charge is -2.36. The molecule has 1 fully saturated rings. The fraction of sp³-hybridized carbons (Fsp3) is 0.348. The second-order valence-electron chi connectivity index (χ2n) is 7.35. The molecule has 1 aliphatic rings. The van der Waals surface area contributed by atoms with Gasteiger partial charge in [0.25, 0.3) is 0 Å². The average molecular weight is 350 g/mol. The first-order valence-electron chi connectivity index (χ1n) is 9.36. The van der Waals surface area contributed by atoms with Gasteiger partial charge in [0.1, 0.15) is 19.3 Å². The molecule has 1 aliphatic heterocycles. The zero-order valence-electron chi connectivity index (χ0n) is 15.9. The van der Waals surface area contributed by atoms with Crippen molar-refractivity contribution in [1.82, 2.24) is 0 Å². The number of carbonyl (C=O) groups excluding carboxylic acids is 1. The number of hydrogen-bond donors (Lipinski definition) is 0. The van der Waals surface area contributed by atoms with Crippen LogP contribution in [0.4, 0.5) is 0 Å². The molecular weight excluding hydrogens is 322 g/mol. The molecule has 0 aliphatic carbocycles. The molecule has 2 aromatic rings. The van der Waals surface area contributed by atoms with Crippen LogP contribution in [0.3, 0.4) is 0 Å². The van der Waals surface area contributed by atoms with Gasteiger partial charge in [0.2, 0.25) is 0 Å². The minimum Gasteiger partial charge on any atom is -0.370 e. The molecule has 0 radical (unpaired) electrons. The van der Waals surface area contributed by atoms with Crippen LogP contribution in [-0.2, 0) is 4.74 Å². The molecule has 2 aromatic carbocycles. The highest BCUT2D eigenvalue weighted by atomic mass is 16.5. The minimum absolute atomic E-state index is 0.145. The molecule has 0 aromatic heterocycles. The summed E-state index contributed by atoms with van der Waals surface area (Å²) in [6.07, 6.45) is 2.13. The van der Waals surface area contributed by atoms with Crippen molar-refractivity contribution in [1.29, 1.82) is 0 Å². The molecule has 0 saturated carbocycles. The summed E-state index contributed by atoms with van der Waals surface area (Å²) in [6, 6.07) is 18.3. The number of rotatable bonds is 4. The van der Waals surface area contributed by atoms with Crippen molar-refractivity contribution in [3.63, 3.8) is 0 Å². The van der Waals surface area contributed by atoms with Crippen molar-refractivity contribution in [2.24, 2.45) is 0 Å². The normalized spacial score (nSPS) is 17.3. The van der Waals surface area contributed by atoms with Gasteiger partial charge in [0.15, 0.2) is 0 Å². The van der Waals surface area contributed by atoms with E-state index in [1.807, 2.05) is 30.3 Å². The molecule has 0 atom stereocenters. The summed E-state index contributed by atoms with van der Waals surface area (Å²) in [7, 11) is 0. The maximum atomic E-state index is 13.3. The third kappa shape index (κ3) is 3.95. The predicted octanol–water partition coefficient (Wildman–Crippen LogP) is 4.86. The Balaban J connectivity index is 1.94. The van der Waals surface area contributed by atoms with Crippen molar-refractivity contribution >= 4 is 11.5 Å². The number of carbonyl (C=O) groups is 1. The Hall–Kier alpha value is -2.23. The summed E-state index contributed by atoms with van der Waals surface area (Å²) >= 11 is 0. The van der Waals surface area contributed by atoms with Crippen LogP contribution in [0.1, 0.15) is 48.2 Å². The van der Waals surface area contributed by atoms with E-state index < -0.39 is 0 Å². The molecule has 0 spiro atoms. The van der Waals surface area contributed by atoms with E-state index in [1.165, 1.54) is 11.1 Å². The first-order valence-corrected chi connectivity index (χ1v) is 9.36. The van der Waals surface area contributed by atoms with Gasteiger partial charge >= 0.3 is 5.91 Å². The van der Waals surface area contributed by atoms with Gasteiger partial charge in [-0.2, -0.15) is 0 Å². The highest BCUT2D eigenvalue weighted by Crippen LogP contribution is 2.25. The SMILES string of the molecule is C/C(=C\[N+]1(C(=O)c2ccccc2)CCOCC1)c1ccc(C(C)C)cc1. The van der Waals surface area contributed by atoms with E-state index in [-0.39, 0.29) is 5.91 Å². The third-order valence-corrected chi connectivity index (χ3v) is 5.17. The quantitative estimate of drug-likeness (QED) is 0.736. The maximum Gasteiger partial charge on any atom is 0.350 e. The van der Waals surface area contributed by atoms with E-state index in [9.17, 15) is 4.79 Å². The van der Waals surface area contributed by atoms with Gasteiger partial charge in [-0.25, -0.2) is 9.28 Å². The Bertz CT molecular complexity index is 770. The maximum absolute atomic E-state index is 13.3. The van der Waals surface area contributed by atoms with Crippen LogP contribution in [0.15, 0.2) is 60.8 Å². The summed E-state index contributed by atoms with van der Waals surface area (Å²) in [5.74, 6) is 0.665. The predicted molar refractivity (Wildman–Crippen MR) is 106 cm³/mol. The Labute approximate surface area is 156 Å². The second-order valence-corrected chi connectivity index (χ2v) is 7.35. The van der Waals surface area contributed by atoms with Gasteiger partial charge in [0.05, 0.1) is 18.8 Å². The number of allylic oxidation sites excluding steroid dienone is 1. The van der Waals surface area contributed by atoms with Crippen LogP contribution in [0.2, 0.25) is 0 Å². The Kier molecular flexibility index (Phi) is 5.70. The van der Waals surface area contributed by atoms with Crippen molar-refractivity contribution in [3.05, 3.63) is 77.5 Å². The largest absolute Gasteiger partial charge is 0.370 e. The molecule has 0 unspecified atom stereocenters. The Morgan fingerprint density at radius 2 is 1.58 bits per heavy atom. The smallest absolute Gasteiger partial charge is 0.350 e. The lowest BCUT2D eigenvalue weighted by Crippen LogP contribution is -2.55. The van der Waals surface area contributed by atoms with Crippen molar-refractivity contribution in [2.45, 2.75) is 26.7 Å². The number of benzene rings is 2. The molecule has 1 amide bonds. The summed E-state index contributed by atoms with van der Waals surface area (Å²) in [6.45, 7) is 9.06. The van der Waals surface area contributed by atoms with Gasteiger partial charge in [-0.3, -0.25) is 0 Å². The monoisotopic (exact) mass is 350 g/mol. The number of hydrogen-bond acceptors (Lipinski definition) is 2. The summed E-state index contributed by atoms with van der Waals surface area (Å²) in [5, 5.41) is 0. The van der Waals surface area contributed by atoms with Gasteiger partial charge in [0, 0.05) is 5.57 Å². The highest BCUT2D eigenvalue weighted by molar-refractivity contribution is 5.89. The van der Waals surface area contributed by atoms with Gasteiger partial charge in [-0.05, 0) is 36.1 Å². The third-order valence-electron chi connectivity index (χ3n) is 5.17. The standard InChI is InChI=1S/C23H28NO2/c1-18(2)20-9-11-21(12-10-20)19(3)17-24(13-15-26-16-14-24)23(25)22-7-5-4-6-8-22/h4-12,17-18H,13-16H2,1-3H3/q+1/b19-17+. The number of morpholine rings is 1. The van der Waals surface area contributed by atoms with Gasteiger partial charge < -0.3 is 4.74 Å². The number of ether oxygens (including phenoxy) is 1. The first-order chi connectivity index (χ1) is 12.5. The molecule has 0 N–H and O–H groups in total.